The zero-order valence-corrected chi connectivity index (χ0v) is 11.1. The maximum atomic E-state index is 9.22. The number of rotatable bonds is 6. The quantitative estimate of drug-likeness (QED) is 0.836. The van der Waals surface area contributed by atoms with Crippen LogP contribution in [0.3, 0.4) is 0 Å². The summed E-state index contributed by atoms with van der Waals surface area (Å²) >= 11 is 6.28. The highest BCUT2D eigenvalue weighted by molar-refractivity contribution is 6.31. The molecule has 0 aromatic carbocycles. The zero-order valence-electron chi connectivity index (χ0n) is 10.3. The Morgan fingerprint density at radius 1 is 1.44 bits per heavy atom. The lowest BCUT2D eigenvalue weighted by Gasteiger charge is -2.06. The third-order valence-electron chi connectivity index (χ3n) is 2.73. The van der Waals surface area contributed by atoms with E-state index in [0.29, 0.717) is 0 Å². The molecular formula is C12H21ClN2O. The van der Waals surface area contributed by atoms with Crippen molar-refractivity contribution in [1.29, 1.82) is 0 Å². The van der Waals surface area contributed by atoms with E-state index in [2.05, 4.69) is 18.9 Å². The van der Waals surface area contributed by atoms with E-state index in [1.807, 2.05) is 11.6 Å². The van der Waals surface area contributed by atoms with Gasteiger partial charge in [0.15, 0.2) is 0 Å². The van der Waals surface area contributed by atoms with Gasteiger partial charge < -0.3 is 5.11 Å². The van der Waals surface area contributed by atoms with Crippen LogP contribution in [0.25, 0.3) is 0 Å². The van der Waals surface area contributed by atoms with Crippen LogP contribution in [0.15, 0.2) is 0 Å². The van der Waals surface area contributed by atoms with Crippen LogP contribution in [0.2, 0.25) is 5.02 Å². The average Bonchev–Trinajstić information content (AvgIpc) is 2.55. The van der Waals surface area contributed by atoms with Crippen molar-refractivity contribution in [2.75, 3.05) is 0 Å². The van der Waals surface area contributed by atoms with E-state index in [9.17, 15) is 5.11 Å². The van der Waals surface area contributed by atoms with E-state index in [-0.39, 0.29) is 6.10 Å². The lowest BCUT2D eigenvalue weighted by Crippen LogP contribution is -2.05. The molecule has 1 unspecified atom stereocenters. The number of aromatic nitrogens is 2. The van der Waals surface area contributed by atoms with Crippen LogP contribution in [0.1, 0.15) is 45.0 Å². The van der Waals surface area contributed by atoms with Gasteiger partial charge in [0.25, 0.3) is 0 Å². The topological polar surface area (TPSA) is 38.0 Å². The first-order chi connectivity index (χ1) is 7.60. The second-order valence-corrected chi connectivity index (χ2v) is 4.50. The summed E-state index contributed by atoms with van der Waals surface area (Å²) in [5.74, 6) is 0. The molecule has 1 atom stereocenters. The molecule has 1 N–H and O–H groups in total. The molecule has 0 amide bonds. The molecule has 0 aliphatic rings. The molecule has 0 saturated heterocycles. The Morgan fingerprint density at radius 3 is 2.62 bits per heavy atom. The van der Waals surface area contributed by atoms with Crippen LogP contribution in [-0.2, 0) is 19.4 Å². The molecule has 0 aliphatic carbocycles. The largest absolute Gasteiger partial charge is 0.393 e. The van der Waals surface area contributed by atoms with Crippen molar-refractivity contribution in [3.63, 3.8) is 0 Å². The average molecular weight is 245 g/mol. The van der Waals surface area contributed by atoms with Crippen LogP contribution in [-0.4, -0.2) is 21.0 Å². The van der Waals surface area contributed by atoms with Crippen LogP contribution in [0.4, 0.5) is 0 Å². The van der Waals surface area contributed by atoms with E-state index in [1.54, 1.807) is 0 Å². The lowest BCUT2D eigenvalue weighted by atomic mass is 10.1. The molecule has 1 heterocycles. The molecule has 92 valence electrons. The second kappa shape index (κ2) is 6.26. The number of hydrogen-bond donors (Lipinski definition) is 1. The van der Waals surface area contributed by atoms with Gasteiger partial charge in [-0.25, -0.2) is 0 Å². The normalized spacial score (nSPS) is 13.1. The Morgan fingerprint density at radius 2 is 2.12 bits per heavy atom. The minimum absolute atomic E-state index is 0.234. The fraction of sp³-hybridized carbons (Fsp3) is 0.750. The van der Waals surface area contributed by atoms with Gasteiger partial charge in [-0.15, -0.1) is 0 Å². The molecule has 1 aromatic rings. The Hall–Kier alpha value is -0.540. The summed E-state index contributed by atoms with van der Waals surface area (Å²) in [6.45, 7) is 6.80. The summed E-state index contributed by atoms with van der Waals surface area (Å²) in [7, 11) is 0. The molecule has 0 spiro atoms. The first-order valence-electron chi connectivity index (χ1n) is 6.02. The van der Waals surface area contributed by atoms with Gasteiger partial charge in [-0.3, -0.25) is 4.68 Å². The highest BCUT2D eigenvalue weighted by Crippen LogP contribution is 2.23. The standard InChI is InChI=1S/C12H21ClN2O/c1-4-10-12(13)11(15(5-2)14-10)8-6-7-9(3)16/h9,16H,4-8H2,1-3H3. The van der Waals surface area contributed by atoms with Gasteiger partial charge in [-0.1, -0.05) is 18.5 Å². The predicted molar refractivity (Wildman–Crippen MR) is 66.9 cm³/mol. The van der Waals surface area contributed by atoms with Crippen molar-refractivity contribution in [1.82, 2.24) is 9.78 Å². The van der Waals surface area contributed by atoms with Crippen molar-refractivity contribution < 1.29 is 5.11 Å². The molecule has 0 radical (unpaired) electrons. The summed E-state index contributed by atoms with van der Waals surface area (Å²) in [5, 5.41) is 14.5. The Bertz CT molecular complexity index is 334. The number of nitrogens with zero attached hydrogens (tertiary/aromatic N) is 2. The smallest absolute Gasteiger partial charge is 0.0849 e. The van der Waals surface area contributed by atoms with E-state index in [1.165, 1.54) is 0 Å². The summed E-state index contributed by atoms with van der Waals surface area (Å²) in [5.41, 5.74) is 2.09. The van der Waals surface area contributed by atoms with Crippen molar-refractivity contribution in [3.05, 3.63) is 16.4 Å². The van der Waals surface area contributed by atoms with Crippen LogP contribution in [0, 0.1) is 0 Å². The Labute approximate surface area is 102 Å². The van der Waals surface area contributed by atoms with Gasteiger partial charge >= 0.3 is 0 Å². The summed E-state index contributed by atoms with van der Waals surface area (Å²) in [6.07, 6.45) is 3.29. The molecule has 1 rings (SSSR count). The van der Waals surface area contributed by atoms with Crippen LogP contribution < -0.4 is 0 Å². The van der Waals surface area contributed by atoms with Crippen molar-refractivity contribution in [2.24, 2.45) is 0 Å². The third kappa shape index (κ3) is 3.22. The fourth-order valence-corrected chi connectivity index (χ4v) is 2.18. The SMILES string of the molecule is CCc1nn(CC)c(CCCC(C)O)c1Cl. The fourth-order valence-electron chi connectivity index (χ4n) is 1.82. The molecule has 0 bridgehead atoms. The number of aliphatic hydroxyl groups is 1. The van der Waals surface area contributed by atoms with Crippen molar-refractivity contribution in [2.45, 2.75) is 59.1 Å². The minimum atomic E-state index is -0.234. The highest BCUT2D eigenvalue weighted by Gasteiger charge is 2.13. The van der Waals surface area contributed by atoms with Gasteiger partial charge in [0.2, 0.25) is 0 Å². The second-order valence-electron chi connectivity index (χ2n) is 4.12. The summed E-state index contributed by atoms with van der Waals surface area (Å²) in [6, 6.07) is 0. The molecule has 0 saturated carbocycles. The third-order valence-corrected chi connectivity index (χ3v) is 3.17. The number of aryl methyl sites for hydroxylation is 2. The first-order valence-corrected chi connectivity index (χ1v) is 6.40. The van der Waals surface area contributed by atoms with Crippen molar-refractivity contribution >= 4 is 11.6 Å². The van der Waals surface area contributed by atoms with E-state index in [0.717, 1.165) is 48.6 Å². The summed E-state index contributed by atoms with van der Waals surface area (Å²) < 4.78 is 1.98. The van der Waals surface area contributed by atoms with Gasteiger partial charge in [0.05, 0.1) is 22.5 Å². The monoisotopic (exact) mass is 244 g/mol. The molecule has 4 heteroatoms. The predicted octanol–water partition coefficient (Wildman–Crippen LogP) is 2.82. The van der Waals surface area contributed by atoms with Gasteiger partial charge in [0.1, 0.15) is 0 Å². The summed E-state index contributed by atoms with van der Waals surface area (Å²) in [4.78, 5) is 0. The van der Waals surface area contributed by atoms with Crippen LogP contribution in [0.5, 0.6) is 0 Å². The molecule has 3 nitrogen and oxygen atoms in total. The number of aliphatic hydroxyl groups excluding tert-OH is 1. The van der Waals surface area contributed by atoms with Gasteiger partial charge in [0, 0.05) is 6.54 Å². The maximum absolute atomic E-state index is 9.22. The lowest BCUT2D eigenvalue weighted by molar-refractivity contribution is 0.181. The minimum Gasteiger partial charge on any atom is -0.393 e. The first kappa shape index (κ1) is 13.5. The molecule has 1 aromatic heterocycles. The number of hydrogen-bond acceptors (Lipinski definition) is 2. The van der Waals surface area contributed by atoms with Gasteiger partial charge in [-0.2, -0.15) is 5.10 Å². The van der Waals surface area contributed by atoms with Crippen LogP contribution >= 0.6 is 11.6 Å². The zero-order chi connectivity index (χ0) is 12.1. The maximum Gasteiger partial charge on any atom is 0.0849 e. The highest BCUT2D eigenvalue weighted by atomic mass is 35.5. The van der Waals surface area contributed by atoms with E-state index < -0.39 is 0 Å². The number of halogens is 1. The van der Waals surface area contributed by atoms with Gasteiger partial charge in [-0.05, 0) is 39.5 Å². The Kier molecular flexibility index (Phi) is 5.29. The Balaban J connectivity index is 2.73. The molecule has 0 aliphatic heterocycles. The van der Waals surface area contributed by atoms with E-state index >= 15 is 0 Å². The molecule has 0 fully saturated rings. The van der Waals surface area contributed by atoms with Crippen molar-refractivity contribution in [3.8, 4) is 0 Å². The molecular weight excluding hydrogens is 224 g/mol. The molecule has 16 heavy (non-hydrogen) atoms. The van der Waals surface area contributed by atoms with E-state index in [4.69, 9.17) is 11.6 Å².